The maximum atomic E-state index is 11.2. The molecule has 0 saturated heterocycles. The average molecular weight is 356 g/mol. The second-order valence-corrected chi connectivity index (χ2v) is 7.72. The number of hydrogen-bond acceptors (Lipinski definition) is 2. The van der Waals surface area contributed by atoms with Crippen LogP contribution in [0.4, 0.5) is 5.69 Å². The second-order valence-electron chi connectivity index (χ2n) is 7.28. The molecule has 2 aliphatic rings. The number of aromatic carboxylic acids is 1. The maximum absolute atomic E-state index is 11.2. The Kier molecular flexibility index (Phi) is 4.20. The molecule has 1 aliphatic carbocycles. The van der Waals surface area contributed by atoms with E-state index >= 15 is 0 Å². The van der Waals surface area contributed by atoms with Crippen molar-refractivity contribution in [1.82, 2.24) is 0 Å². The highest BCUT2D eigenvalue weighted by Crippen LogP contribution is 2.52. The van der Waals surface area contributed by atoms with Gasteiger partial charge in [-0.05, 0) is 78.6 Å². The van der Waals surface area contributed by atoms with Gasteiger partial charge in [-0.2, -0.15) is 0 Å². The Morgan fingerprint density at radius 1 is 1.12 bits per heavy atom. The van der Waals surface area contributed by atoms with Gasteiger partial charge in [-0.3, -0.25) is 0 Å². The highest BCUT2D eigenvalue weighted by molar-refractivity contribution is 6.30. The number of halogens is 1. The molecule has 4 heteroatoms. The number of carbonyl (C=O) groups is 1. The minimum Gasteiger partial charge on any atom is -0.478 e. The lowest BCUT2D eigenvalue weighted by atomic mass is 9.67. The Labute approximate surface area is 153 Å². The smallest absolute Gasteiger partial charge is 0.335 e. The van der Waals surface area contributed by atoms with E-state index in [-0.39, 0.29) is 6.04 Å². The fraction of sp³-hybridized carbons (Fsp3) is 0.381. The van der Waals surface area contributed by atoms with Gasteiger partial charge in [0, 0.05) is 10.7 Å². The first-order valence-corrected chi connectivity index (χ1v) is 9.32. The van der Waals surface area contributed by atoms with Crippen molar-refractivity contribution >= 4 is 23.3 Å². The van der Waals surface area contributed by atoms with Crippen molar-refractivity contribution in [3.8, 4) is 0 Å². The summed E-state index contributed by atoms with van der Waals surface area (Å²) in [7, 11) is 0. The number of rotatable bonds is 2. The lowest BCUT2D eigenvalue weighted by molar-refractivity contribution is 0.0696. The van der Waals surface area contributed by atoms with E-state index in [1.165, 1.54) is 42.5 Å². The molecule has 1 aliphatic heterocycles. The number of hydrogen-bond donors (Lipinski definition) is 2. The molecular formula is C21H22ClNO2. The van der Waals surface area contributed by atoms with Gasteiger partial charge in [0.2, 0.25) is 0 Å². The van der Waals surface area contributed by atoms with Crippen LogP contribution in [-0.2, 0) is 0 Å². The summed E-state index contributed by atoms with van der Waals surface area (Å²) in [5, 5.41) is 13.7. The summed E-state index contributed by atoms with van der Waals surface area (Å²) >= 11 is 6.25. The van der Waals surface area contributed by atoms with Gasteiger partial charge in [-0.15, -0.1) is 0 Å². The third-order valence-corrected chi connectivity index (χ3v) is 6.06. The van der Waals surface area contributed by atoms with Crippen LogP contribution >= 0.6 is 11.6 Å². The lowest BCUT2D eigenvalue weighted by Crippen LogP contribution is -2.34. The summed E-state index contributed by atoms with van der Waals surface area (Å²) < 4.78 is 0. The molecule has 0 unspecified atom stereocenters. The maximum Gasteiger partial charge on any atom is 0.335 e. The number of benzene rings is 2. The van der Waals surface area contributed by atoms with Crippen molar-refractivity contribution in [3.05, 3.63) is 63.7 Å². The molecule has 0 amide bonds. The van der Waals surface area contributed by atoms with Crippen LogP contribution in [0.5, 0.6) is 0 Å². The molecule has 1 heterocycles. The minimum absolute atomic E-state index is 0.224. The number of nitrogens with one attached hydrogen (secondary N) is 1. The largest absolute Gasteiger partial charge is 0.478 e. The number of aryl methyl sites for hydroxylation is 1. The van der Waals surface area contributed by atoms with Gasteiger partial charge in [-0.25, -0.2) is 4.79 Å². The van der Waals surface area contributed by atoms with E-state index in [0.717, 1.165) is 10.6 Å². The van der Waals surface area contributed by atoms with E-state index in [0.29, 0.717) is 17.4 Å². The Morgan fingerprint density at radius 2 is 1.92 bits per heavy atom. The van der Waals surface area contributed by atoms with E-state index in [2.05, 4.69) is 17.4 Å². The van der Waals surface area contributed by atoms with Crippen LogP contribution in [0, 0.1) is 12.8 Å². The first-order valence-electron chi connectivity index (χ1n) is 8.94. The Bertz CT molecular complexity index is 833. The molecule has 0 aromatic heterocycles. The predicted molar refractivity (Wildman–Crippen MR) is 101 cm³/mol. The molecule has 1 fully saturated rings. The summed E-state index contributed by atoms with van der Waals surface area (Å²) in [4.78, 5) is 11.2. The Balaban J connectivity index is 1.77. The Hall–Kier alpha value is -2.00. The van der Waals surface area contributed by atoms with Crippen molar-refractivity contribution < 1.29 is 9.90 Å². The zero-order valence-electron chi connectivity index (χ0n) is 14.3. The van der Waals surface area contributed by atoms with Crippen LogP contribution in [0.3, 0.4) is 0 Å². The van der Waals surface area contributed by atoms with Crippen molar-refractivity contribution in [2.24, 2.45) is 5.92 Å². The van der Waals surface area contributed by atoms with Gasteiger partial charge in [-0.1, -0.05) is 30.5 Å². The normalized spacial score (nSPS) is 24.8. The van der Waals surface area contributed by atoms with Crippen LogP contribution in [0.2, 0.25) is 5.02 Å². The van der Waals surface area contributed by atoms with Gasteiger partial charge < -0.3 is 10.4 Å². The zero-order valence-corrected chi connectivity index (χ0v) is 15.0. The summed E-state index contributed by atoms with van der Waals surface area (Å²) in [5.41, 5.74) is 5.11. The Morgan fingerprint density at radius 3 is 2.68 bits per heavy atom. The van der Waals surface area contributed by atoms with E-state index in [1.807, 2.05) is 19.1 Å². The van der Waals surface area contributed by atoms with Gasteiger partial charge in [0.15, 0.2) is 0 Å². The SMILES string of the molecule is Cc1cc(C(=O)O)ccc1[C@H]1Nc2ccc(Cl)cc2[C@@H]2CCCC[C@H]12. The third kappa shape index (κ3) is 2.91. The monoisotopic (exact) mass is 355 g/mol. The van der Waals surface area contributed by atoms with E-state index in [9.17, 15) is 9.90 Å². The molecule has 3 nitrogen and oxygen atoms in total. The topological polar surface area (TPSA) is 49.3 Å². The first-order chi connectivity index (χ1) is 12.0. The summed E-state index contributed by atoms with van der Waals surface area (Å²) in [6.07, 6.45) is 4.90. The first kappa shape index (κ1) is 16.5. The molecule has 1 saturated carbocycles. The highest BCUT2D eigenvalue weighted by Gasteiger charge is 2.39. The van der Waals surface area contributed by atoms with Crippen LogP contribution in [0.25, 0.3) is 0 Å². The van der Waals surface area contributed by atoms with Crippen molar-refractivity contribution in [1.29, 1.82) is 0 Å². The van der Waals surface area contributed by atoms with Gasteiger partial charge in [0.05, 0.1) is 11.6 Å². The minimum atomic E-state index is -0.873. The van der Waals surface area contributed by atoms with E-state index < -0.39 is 5.97 Å². The number of fused-ring (bicyclic) bond motifs is 3. The number of carboxylic acids is 1. The molecule has 0 bridgehead atoms. The molecule has 3 atom stereocenters. The molecule has 0 spiro atoms. The standard InChI is InChI=1S/C21H22ClNO2/c1-12-10-13(21(24)25)6-8-15(12)20-17-5-3-2-4-16(17)18-11-14(22)7-9-19(18)23-20/h6-11,16-17,20,23H,2-5H2,1H3,(H,24,25)/t16-,17+,20-/m1/s1. The van der Waals surface area contributed by atoms with Gasteiger partial charge >= 0.3 is 5.97 Å². The van der Waals surface area contributed by atoms with Crippen molar-refractivity contribution in [3.63, 3.8) is 0 Å². The second kappa shape index (κ2) is 6.38. The molecule has 2 N–H and O–H groups in total. The highest BCUT2D eigenvalue weighted by atomic mass is 35.5. The predicted octanol–water partition coefficient (Wildman–Crippen LogP) is 5.79. The van der Waals surface area contributed by atoms with Crippen LogP contribution < -0.4 is 5.32 Å². The van der Waals surface area contributed by atoms with E-state index in [1.54, 1.807) is 12.1 Å². The van der Waals surface area contributed by atoms with Crippen LogP contribution in [0.1, 0.15) is 64.7 Å². The van der Waals surface area contributed by atoms with Crippen LogP contribution in [-0.4, -0.2) is 11.1 Å². The molecule has 25 heavy (non-hydrogen) atoms. The summed E-state index contributed by atoms with van der Waals surface area (Å²) in [6.45, 7) is 2.01. The fourth-order valence-electron chi connectivity index (χ4n) is 4.66. The molecule has 2 aromatic carbocycles. The van der Waals surface area contributed by atoms with Gasteiger partial charge in [0.1, 0.15) is 0 Å². The van der Waals surface area contributed by atoms with Crippen LogP contribution in [0.15, 0.2) is 36.4 Å². The number of anilines is 1. The summed E-state index contributed by atoms with van der Waals surface area (Å²) in [5.74, 6) is 0.170. The molecule has 4 rings (SSSR count). The average Bonchev–Trinajstić information content (AvgIpc) is 2.61. The lowest BCUT2D eigenvalue weighted by Gasteiger charge is -2.44. The fourth-order valence-corrected chi connectivity index (χ4v) is 4.84. The quantitative estimate of drug-likeness (QED) is 0.717. The molecular weight excluding hydrogens is 334 g/mol. The van der Waals surface area contributed by atoms with E-state index in [4.69, 9.17) is 11.6 Å². The molecule has 130 valence electrons. The summed E-state index contributed by atoms with van der Waals surface area (Å²) in [6, 6.07) is 11.9. The third-order valence-electron chi connectivity index (χ3n) is 5.82. The van der Waals surface area contributed by atoms with Crippen molar-refractivity contribution in [2.45, 2.75) is 44.6 Å². The molecule has 2 aromatic rings. The van der Waals surface area contributed by atoms with Gasteiger partial charge in [0.25, 0.3) is 0 Å². The zero-order chi connectivity index (χ0) is 17.6. The number of carboxylic acid groups (broad SMARTS) is 1. The molecule has 0 radical (unpaired) electrons. The van der Waals surface area contributed by atoms with Crippen molar-refractivity contribution in [2.75, 3.05) is 5.32 Å².